The van der Waals surface area contributed by atoms with Crippen molar-refractivity contribution in [2.45, 2.75) is 57.3 Å². The van der Waals surface area contributed by atoms with Crippen molar-refractivity contribution < 1.29 is 4.79 Å². The van der Waals surface area contributed by atoms with Crippen molar-refractivity contribution in [3.8, 4) is 0 Å². The van der Waals surface area contributed by atoms with Gasteiger partial charge < -0.3 is 5.32 Å². The minimum Gasteiger partial charge on any atom is -0.353 e. The number of hydrogen-bond donors (Lipinski definition) is 1. The fourth-order valence-corrected chi connectivity index (χ4v) is 4.63. The molecule has 0 unspecified atom stereocenters. The number of nitrogens with zero attached hydrogens (tertiary/aromatic N) is 2. The van der Waals surface area contributed by atoms with E-state index < -0.39 is 0 Å². The van der Waals surface area contributed by atoms with Gasteiger partial charge in [0.25, 0.3) is 5.56 Å². The van der Waals surface area contributed by atoms with E-state index in [0.29, 0.717) is 34.1 Å². The molecule has 1 amide bonds. The van der Waals surface area contributed by atoms with Crippen LogP contribution >= 0.6 is 23.1 Å². The standard InChI is InChI=1S/C17H23N3O2S2/c1-11(2)9-20-16(22)15-13(7-8-23-15)19-17(20)24-10-14(21)18-12-5-3-4-6-12/h7-8,11-12H,3-6,9-10H2,1-2H3,(H,18,21). The van der Waals surface area contributed by atoms with Crippen LogP contribution in [0.3, 0.4) is 0 Å². The minimum atomic E-state index is 0.00222. The number of rotatable bonds is 6. The lowest BCUT2D eigenvalue weighted by atomic mass is 10.2. The smallest absolute Gasteiger partial charge is 0.272 e. The fourth-order valence-electron chi connectivity index (χ4n) is 3.03. The minimum absolute atomic E-state index is 0.00222. The van der Waals surface area contributed by atoms with Crippen molar-refractivity contribution in [1.82, 2.24) is 14.9 Å². The van der Waals surface area contributed by atoms with Crippen LogP contribution in [0.1, 0.15) is 39.5 Å². The van der Waals surface area contributed by atoms with Gasteiger partial charge in [0, 0.05) is 12.6 Å². The molecular formula is C17H23N3O2S2. The molecule has 2 aromatic heterocycles. The third kappa shape index (κ3) is 4.00. The molecule has 0 atom stereocenters. The van der Waals surface area contributed by atoms with Crippen LogP contribution in [0.5, 0.6) is 0 Å². The molecule has 1 aliphatic rings. The van der Waals surface area contributed by atoms with Gasteiger partial charge in [0.05, 0.1) is 11.3 Å². The Hall–Kier alpha value is -1.34. The Morgan fingerprint density at radius 2 is 2.21 bits per heavy atom. The fraction of sp³-hybridized carbons (Fsp3) is 0.588. The average molecular weight is 366 g/mol. The van der Waals surface area contributed by atoms with Gasteiger partial charge in [-0.25, -0.2) is 4.98 Å². The lowest BCUT2D eigenvalue weighted by molar-refractivity contribution is -0.119. The van der Waals surface area contributed by atoms with Crippen LogP contribution < -0.4 is 10.9 Å². The Morgan fingerprint density at radius 1 is 1.46 bits per heavy atom. The van der Waals surface area contributed by atoms with Crippen LogP contribution in [-0.2, 0) is 11.3 Å². The molecule has 7 heteroatoms. The van der Waals surface area contributed by atoms with E-state index in [1.165, 1.54) is 35.9 Å². The second-order valence-electron chi connectivity index (χ2n) is 6.68. The summed E-state index contributed by atoms with van der Waals surface area (Å²) in [5.41, 5.74) is 0.728. The molecule has 0 aliphatic heterocycles. The average Bonchev–Trinajstić information content (AvgIpc) is 3.19. The summed E-state index contributed by atoms with van der Waals surface area (Å²) in [6, 6.07) is 2.19. The first-order valence-electron chi connectivity index (χ1n) is 8.45. The van der Waals surface area contributed by atoms with Crippen LogP contribution in [0.25, 0.3) is 10.2 Å². The first kappa shape index (κ1) is 17.5. The van der Waals surface area contributed by atoms with Gasteiger partial charge in [0.15, 0.2) is 5.16 Å². The quantitative estimate of drug-likeness (QED) is 0.630. The number of fused-ring (bicyclic) bond motifs is 1. The third-order valence-corrected chi connectivity index (χ3v) is 6.00. The van der Waals surface area contributed by atoms with Crippen molar-refractivity contribution >= 4 is 39.2 Å². The lowest BCUT2D eigenvalue weighted by Crippen LogP contribution is -2.34. The molecule has 1 aliphatic carbocycles. The van der Waals surface area contributed by atoms with Gasteiger partial charge in [0.2, 0.25) is 5.91 Å². The number of hydrogen-bond acceptors (Lipinski definition) is 5. The highest BCUT2D eigenvalue weighted by molar-refractivity contribution is 7.99. The maximum absolute atomic E-state index is 12.7. The summed E-state index contributed by atoms with van der Waals surface area (Å²) in [5.74, 6) is 0.674. The summed E-state index contributed by atoms with van der Waals surface area (Å²) in [5, 5.41) is 5.61. The summed E-state index contributed by atoms with van der Waals surface area (Å²) < 4.78 is 2.41. The highest BCUT2D eigenvalue weighted by atomic mass is 32.2. The predicted octanol–water partition coefficient (Wildman–Crippen LogP) is 3.26. The second kappa shape index (κ2) is 7.70. The second-order valence-corrected chi connectivity index (χ2v) is 8.54. The zero-order chi connectivity index (χ0) is 17.1. The topological polar surface area (TPSA) is 64.0 Å². The largest absolute Gasteiger partial charge is 0.353 e. The Balaban J connectivity index is 1.76. The van der Waals surface area contributed by atoms with E-state index in [9.17, 15) is 9.59 Å². The molecule has 3 rings (SSSR count). The van der Waals surface area contributed by atoms with Crippen LogP contribution in [0, 0.1) is 5.92 Å². The molecule has 0 bridgehead atoms. The monoisotopic (exact) mass is 365 g/mol. The van der Waals surface area contributed by atoms with Crippen molar-refractivity contribution in [1.29, 1.82) is 0 Å². The van der Waals surface area contributed by atoms with Crippen molar-refractivity contribution in [2.75, 3.05) is 5.75 Å². The number of nitrogens with one attached hydrogen (secondary N) is 1. The summed E-state index contributed by atoms with van der Waals surface area (Å²) in [4.78, 5) is 29.5. The molecule has 0 saturated heterocycles. The molecule has 130 valence electrons. The Bertz CT molecular complexity index is 776. The number of aromatic nitrogens is 2. The Morgan fingerprint density at radius 3 is 2.92 bits per heavy atom. The molecular weight excluding hydrogens is 342 g/mol. The molecule has 0 radical (unpaired) electrons. The van der Waals surface area contributed by atoms with E-state index in [1.54, 1.807) is 4.57 Å². The van der Waals surface area contributed by atoms with Crippen LogP contribution in [-0.4, -0.2) is 27.3 Å². The van der Waals surface area contributed by atoms with Gasteiger partial charge in [-0.05, 0) is 30.2 Å². The van der Waals surface area contributed by atoms with Gasteiger partial charge in [-0.3, -0.25) is 14.2 Å². The van der Waals surface area contributed by atoms with Crippen molar-refractivity contribution in [3.05, 3.63) is 21.8 Å². The van der Waals surface area contributed by atoms with Gasteiger partial charge in [-0.15, -0.1) is 11.3 Å². The van der Waals surface area contributed by atoms with E-state index in [0.717, 1.165) is 18.4 Å². The number of thiophene rings is 1. The first-order chi connectivity index (χ1) is 11.5. The van der Waals surface area contributed by atoms with E-state index in [-0.39, 0.29) is 11.5 Å². The Labute approximate surface area is 149 Å². The molecule has 0 spiro atoms. The maximum atomic E-state index is 12.7. The normalized spacial score (nSPS) is 15.5. The number of carbonyl (C=O) groups excluding carboxylic acids is 1. The van der Waals surface area contributed by atoms with E-state index in [2.05, 4.69) is 24.1 Å². The summed E-state index contributed by atoms with van der Waals surface area (Å²) in [6.07, 6.45) is 4.55. The number of carbonyl (C=O) groups is 1. The zero-order valence-corrected chi connectivity index (χ0v) is 15.7. The van der Waals surface area contributed by atoms with Gasteiger partial charge >= 0.3 is 0 Å². The first-order valence-corrected chi connectivity index (χ1v) is 10.3. The number of amides is 1. The van der Waals surface area contributed by atoms with Crippen LogP contribution in [0.15, 0.2) is 21.4 Å². The summed E-state index contributed by atoms with van der Waals surface area (Å²) >= 11 is 2.78. The van der Waals surface area contributed by atoms with Gasteiger partial charge in [-0.1, -0.05) is 38.5 Å². The molecule has 1 N–H and O–H groups in total. The van der Waals surface area contributed by atoms with Crippen molar-refractivity contribution in [3.63, 3.8) is 0 Å². The maximum Gasteiger partial charge on any atom is 0.272 e. The van der Waals surface area contributed by atoms with Crippen molar-refractivity contribution in [2.24, 2.45) is 5.92 Å². The Kier molecular flexibility index (Phi) is 5.61. The SMILES string of the molecule is CC(C)Cn1c(SCC(=O)NC2CCCC2)nc2ccsc2c1=O. The number of thioether (sulfide) groups is 1. The predicted molar refractivity (Wildman–Crippen MR) is 99.8 cm³/mol. The van der Waals surface area contributed by atoms with Gasteiger partial charge in [0.1, 0.15) is 4.70 Å². The van der Waals surface area contributed by atoms with E-state index in [1.807, 2.05) is 11.4 Å². The van der Waals surface area contributed by atoms with E-state index >= 15 is 0 Å². The summed E-state index contributed by atoms with van der Waals surface area (Å²) in [7, 11) is 0. The molecule has 5 nitrogen and oxygen atoms in total. The molecule has 0 aromatic carbocycles. The lowest BCUT2D eigenvalue weighted by Gasteiger charge is -2.15. The van der Waals surface area contributed by atoms with Gasteiger partial charge in [-0.2, -0.15) is 0 Å². The third-order valence-electron chi connectivity index (χ3n) is 4.13. The van der Waals surface area contributed by atoms with Crippen LogP contribution in [0.2, 0.25) is 0 Å². The molecule has 24 heavy (non-hydrogen) atoms. The van der Waals surface area contributed by atoms with Crippen LogP contribution in [0.4, 0.5) is 0 Å². The molecule has 1 saturated carbocycles. The highest BCUT2D eigenvalue weighted by Crippen LogP contribution is 2.22. The zero-order valence-electron chi connectivity index (χ0n) is 14.1. The van der Waals surface area contributed by atoms with E-state index in [4.69, 9.17) is 0 Å². The molecule has 1 fully saturated rings. The molecule has 2 aromatic rings. The molecule has 2 heterocycles. The highest BCUT2D eigenvalue weighted by Gasteiger charge is 2.19. The summed E-state index contributed by atoms with van der Waals surface area (Å²) in [6.45, 7) is 4.77.